The van der Waals surface area contributed by atoms with Crippen molar-refractivity contribution in [1.29, 1.82) is 0 Å². The number of piperazine rings is 1. The van der Waals surface area contributed by atoms with E-state index < -0.39 is 0 Å². The lowest BCUT2D eigenvalue weighted by Gasteiger charge is -2.34. The molecule has 2 aromatic rings. The molecule has 0 saturated carbocycles. The van der Waals surface area contributed by atoms with Gasteiger partial charge in [-0.15, -0.1) is 0 Å². The van der Waals surface area contributed by atoms with Crippen molar-refractivity contribution in [2.75, 3.05) is 32.8 Å². The molecule has 1 aliphatic heterocycles. The van der Waals surface area contributed by atoms with Crippen molar-refractivity contribution >= 4 is 11.7 Å². The number of carbonyl (C=O) groups excluding carboxylic acids is 2. The highest BCUT2D eigenvalue weighted by molar-refractivity contribution is 5.95. The lowest BCUT2D eigenvalue weighted by Crippen LogP contribution is -2.49. The highest BCUT2D eigenvalue weighted by Gasteiger charge is 2.21. The third kappa shape index (κ3) is 5.37. The molecule has 1 aromatic carbocycles. The fourth-order valence-corrected chi connectivity index (χ4v) is 3.05. The Morgan fingerprint density at radius 1 is 1.04 bits per heavy atom. The van der Waals surface area contributed by atoms with Crippen LogP contribution in [0.15, 0.2) is 48.7 Å². The van der Waals surface area contributed by atoms with E-state index in [-0.39, 0.29) is 18.3 Å². The smallest absolute Gasteiger partial charge is 0.260 e. The van der Waals surface area contributed by atoms with E-state index in [1.165, 1.54) is 0 Å². The van der Waals surface area contributed by atoms with Gasteiger partial charge in [-0.1, -0.05) is 13.0 Å². The van der Waals surface area contributed by atoms with Crippen LogP contribution >= 0.6 is 0 Å². The molecule has 0 N–H and O–H groups in total. The molecule has 1 saturated heterocycles. The van der Waals surface area contributed by atoms with Gasteiger partial charge < -0.3 is 9.64 Å². The van der Waals surface area contributed by atoms with Crippen LogP contribution in [0.2, 0.25) is 0 Å². The number of amides is 1. The second-order valence-electron chi connectivity index (χ2n) is 6.57. The first-order valence-electron chi connectivity index (χ1n) is 9.32. The van der Waals surface area contributed by atoms with Crippen molar-refractivity contribution < 1.29 is 14.3 Å². The largest absolute Gasteiger partial charge is 0.484 e. The van der Waals surface area contributed by atoms with Crippen LogP contribution in [0.5, 0.6) is 5.75 Å². The quantitative estimate of drug-likeness (QED) is 0.703. The minimum atomic E-state index is -0.0128. The maximum absolute atomic E-state index is 12.4. The Hall–Kier alpha value is -2.73. The predicted octanol–water partition coefficient (Wildman–Crippen LogP) is 2.40. The van der Waals surface area contributed by atoms with Crippen LogP contribution in [-0.2, 0) is 11.3 Å². The average molecular weight is 367 g/mol. The molecule has 142 valence electrons. The topological polar surface area (TPSA) is 62.7 Å². The second kappa shape index (κ2) is 9.28. The maximum atomic E-state index is 12.4. The van der Waals surface area contributed by atoms with Crippen molar-refractivity contribution in [2.45, 2.75) is 19.9 Å². The summed E-state index contributed by atoms with van der Waals surface area (Å²) in [7, 11) is 0. The third-order valence-corrected chi connectivity index (χ3v) is 4.70. The van der Waals surface area contributed by atoms with Gasteiger partial charge in [0.2, 0.25) is 0 Å². The molecule has 27 heavy (non-hydrogen) atoms. The lowest BCUT2D eigenvalue weighted by molar-refractivity contribution is -0.135. The van der Waals surface area contributed by atoms with Gasteiger partial charge in [-0.3, -0.25) is 19.5 Å². The van der Waals surface area contributed by atoms with Gasteiger partial charge in [-0.2, -0.15) is 0 Å². The Morgan fingerprint density at radius 3 is 2.41 bits per heavy atom. The van der Waals surface area contributed by atoms with E-state index in [0.717, 1.165) is 25.3 Å². The van der Waals surface area contributed by atoms with Gasteiger partial charge in [0.1, 0.15) is 5.75 Å². The van der Waals surface area contributed by atoms with Gasteiger partial charge in [0, 0.05) is 50.9 Å². The van der Waals surface area contributed by atoms with Crippen molar-refractivity contribution in [3.8, 4) is 5.75 Å². The van der Waals surface area contributed by atoms with E-state index in [9.17, 15) is 9.59 Å². The SMILES string of the molecule is CCC(=O)c1ccc(OCC(=O)N2CCN(Cc3ccccn3)CC2)cc1. The molecule has 0 spiro atoms. The number of rotatable bonds is 7. The van der Waals surface area contributed by atoms with Crippen LogP contribution in [0.1, 0.15) is 29.4 Å². The van der Waals surface area contributed by atoms with Crippen molar-refractivity contribution in [2.24, 2.45) is 0 Å². The lowest BCUT2D eigenvalue weighted by atomic mass is 10.1. The van der Waals surface area contributed by atoms with E-state index in [4.69, 9.17) is 4.74 Å². The Morgan fingerprint density at radius 2 is 1.78 bits per heavy atom. The van der Waals surface area contributed by atoms with Gasteiger partial charge >= 0.3 is 0 Å². The van der Waals surface area contributed by atoms with Crippen LogP contribution in [0.4, 0.5) is 0 Å². The maximum Gasteiger partial charge on any atom is 0.260 e. The van der Waals surface area contributed by atoms with E-state index in [1.54, 1.807) is 30.5 Å². The van der Waals surface area contributed by atoms with Crippen molar-refractivity contribution in [3.63, 3.8) is 0 Å². The summed E-state index contributed by atoms with van der Waals surface area (Å²) < 4.78 is 5.59. The summed E-state index contributed by atoms with van der Waals surface area (Å²) in [4.78, 5) is 32.5. The zero-order valence-corrected chi connectivity index (χ0v) is 15.6. The third-order valence-electron chi connectivity index (χ3n) is 4.70. The fourth-order valence-electron chi connectivity index (χ4n) is 3.05. The van der Waals surface area contributed by atoms with Crippen LogP contribution in [-0.4, -0.2) is 59.3 Å². The van der Waals surface area contributed by atoms with Gasteiger partial charge in [-0.05, 0) is 36.4 Å². The van der Waals surface area contributed by atoms with E-state index >= 15 is 0 Å². The standard InChI is InChI=1S/C21H25N3O3/c1-2-20(25)17-6-8-19(9-7-17)27-16-21(26)24-13-11-23(12-14-24)15-18-5-3-4-10-22-18/h3-10H,2,11-16H2,1H3. The first-order chi connectivity index (χ1) is 13.2. The summed E-state index contributed by atoms with van der Waals surface area (Å²) in [6.07, 6.45) is 2.28. The van der Waals surface area contributed by atoms with E-state index in [2.05, 4.69) is 9.88 Å². The monoisotopic (exact) mass is 367 g/mol. The second-order valence-corrected chi connectivity index (χ2v) is 6.57. The molecule has 1 aliphatic rings. The molecule has 0 aliphatic carbocycles. The van der Waals surface area contributed by atoms with Crippen LogP contribution in [0, 0.1) is 0 Å². The first kappa shape index (κ1) is 19.0. The highest BCUT2D eigenvalue weighted by Crippen LogP contribution is 2.14. The fraction of sp³-hybridized carbons (Fsp3) is 0.381. The highest BCUT2D eigenvalue weighted by atomic mass is 16.5. The summed E-state index contributed by atoms with van der Waals surface area (Å²) in [6, 6.07) is 12.9. The molecule has 6 heteroatoms. The normalized spacial score (nSPS) is 14.8. The minimum Gasteiger partial charge on any atom is -0.484 e. The summed E-state index contributed by atoms with van der Waals surface area (Å²) >= 11 is 0. The Labute approximate surface area is 159 Å². The number of aromatic nitrogens is 1. The van der Waals surface area contributed by atoms with Crippen LogP contribution in [0.25, 0.3) is 0 Å². The number of ether oxygens (including phenoxy) is 1. The number of benzene rings is 1. The minimum absolute atomic E-state index is 0.0128. The number of ketones is 1. The molecular formula is C21H25N3O3. The Bertz CT molecular complexity index is 754. The summed E-state index contributed by atoms with van der Waals surface area (Å²) in [6.45, 7) is 5.70. The van der Waals surface area contributed by atoms with Crippen molar-refractivity contribution in [3.05, 3.63) is 59.9 Å². The zero-order chi connectivity index (χ0) is 19.1. The van der Waals surface area contributed by atoms with Crippen LogP contribution < -0.4 is 4.74 Å². The summed E-state index contributed by atoms with van der Waals surface area (Å²) in [5.41, 5.74) is 1.71. The molecule has 1 aromatic heterocycles. The molecule has 0 radical (unpaired) electrons. The zero-order valence-electron chi connectivity index (χ0n) is 15.6. The van der Waals surface area contributed by atoms with E-state index in [0.29, 0.717) is 30.8 Å². The summed E-state index contributed by atoms with van der Waals surface area (Å²) in [5.74, 6) is 0.687. The average Bonchev–Trinajstić information content (AvgIpc) is 2.73. The first-order valence-corrected chi connectivity index (χ1v) is 9.32. The van der Waals surface area contributed by atoms with Crippen molar-refractivity contribution in [1.82, 2.24) is 14.8 Å². The molecule has 0 bridgehead atoms. The molecular weight excluding hydrogens is 342 g/mol. The van der Waals surface area contributed by atoms with E-state index in [1.807, 2.05) is 30.0 Å². The number of hydrogen-bond acceptors (Lipinski definition) is 5. The van der Waals surface area contributed by atoms with Gasteiger partial charge in [0.05, 0.1) is 5.69 Å². The van der Waals surface area contributed by atoms with Crippen LogP contribution in [0.3, 0.4) is 0 Å². The Balaban J connectivity index is 1.42. The van der Waals surface area contributed by atoms with Gasteiger partial charge in [0.15, 0.2) is 12.4 Å². The molecule has 1 amide bonds. The molecule has 6 nitrogen and oxygen atoms in total. The van der Waals surface area contributed by atoms with Gasteiger partial charge in [0.25, 0.3) is 5.91 Å². The molecule has 2 heterocycles. The molecule has 3 rings (SSSR count). The van der Waals surface area contributed by atoms with Gasteiger partial charge in [-0.25, -0.2) is 0 Å². The number of nitrogens with zero attached hydrogens (tertiary/aromatic N) is 3. The Kier molecular flexibility index (Phi) is 6.54. The number of carbonyl (C=O) groups is 2. The number of pyridine rings is 1. The predicted molar refractivity (Wildman–Crippen MR) is 103 cm³/mol. The molecule has 1 fully saturated rings. The summed E-state index contributed by atoms with van der Waals surface area (Å²) in [5, 5.41) is 0. The number of Topliss-reactive ketones (excluding diaryl/α,β-unsaturated/α-hetero) is 1. The number of hydrogen-bond donors (Lipinski definition) is 0. The molecule has 0 unspecified atom stereocenters. The molecule has 0 atom stereocenters.